The Labute approximate surface area is 249 Å². The topological polar surface area (TPSA) is 109 Å². The molecule has 12 heteroatoms. The second kappa shape index (κ2) is 10.9. The summed E-state index contributed by atoms with van der Waals surface area (Å²) in [6.07, 6.45) is 4.25. The molecule has 1 saturated heterocycles. The number of aromatic carboxylic acids is 1. The number of thiazole rings is 1. The van der Waals surface area contributed by atoms with E-state index in [9.17, 15) is 9.90 Å². The van der Waals surface area contributed by atoms with Crippen molar-refractivity contribution in [2.75, 3.05) is 18.0 Å². The maximum Gasteiger partial charge on any atom is 0.347 e. The molecule has 2 aromatic carbocycles. The molecule has 3 heterocycles. The van der Waals surface area contributed by atoms with E-state index in [1.165, 1.54) is 6.20 Å². The van der Waals surface area contributed by atoms with Gasteiger partial charge in [-0.05, 0) is 49.9 Å². The van der Waals surface area contributed by atoms with Crippen LogP contribution in [0.5, 0.6) is 5.75 Å². The van der Waals surface area contributed by atoms with Gasteiger partial charge in [0.05, 0.1) is 32.4 Å². The van der Waals surface area contributed by atoms with Gasteiger partial charge in [-0.1, -0.05) is 63.4 Å². The quantitative estimate of drug-likeness (QED) is 0.210. The summed E-state index contributed by atoms with van der Waals surface area (Å²) in [6.45, 7) is 1.22. The molecule has 2 fully saturated rings. The second-order valence-corrected chi connectivity index (χ2v) is 12.2. The third-order valence-corrected chi connectivity index (χ3v) is 9.35. The van der Waals surface area contributed by atoms with E-state index < -0.39 is 11.6 Å². The highest BCUT2D eigenvalue weighted by Gasteiger charge is 2.37. The lowest BCUT2D eigenvalue weighted by Gasteiger charge is -2.38. The highest BCUT2D eigenvalue weighted by Crippen LogP contribution is 2.46. The van der Waals surface area contributed by atoms with Crippen LogP contribution >= 0.6 is 46.1 Å². The van der Waals surface area contributed by atoms with Gasteiger partial charge in [0.25, 0.3) is 0 Å². The lowest BCUT2D eigenvalue weighted by atomic mass is 9.84. The molecule has 0 spiro atoms. The zero-order chi connectivity index (χ0) is 28.0. The zero-order valence-electron chi connectivity index (χ0n) is 21.1. The van der Waals surface area contributed by atoms with E-state index in [4.69, 9.17) is 49.2 Å². The van der Waals surface area contributed by atoms with E-state index in [0.29, 0.717) is 74.6 Å². The number of carbonyl (C=O) groups is 1. The molecule has 4 aromatic rings. The standard InChI is InChI=1S/C28H24Cl3N3O5S/c29-19-2-1-3-20(30)23(19)24-17(25(39-33-24)15-4-5-15)14-38-16-6-7-18(21(31)12-16)28(37)8-10-34(11-9-28)27-32-13-22(40-27)26(35)36/h1-3,6-7,12-13,15,37H,4-5,8-11,14H2,(H,35,36). The first-order valence-corrected chi connectivity index (χ1v) is 14.7. The molecule has 1 aliphatic heterocycles. The molecule has 0 atom stereocenters. The molecule has 2 aromatic heterocycles. The summed E-state index contributed by atoms with van der Waals surface area (Å²) in [6, 6.07) is 10.6. The molecule has 40 heavy (non-hydrogen) atoms. The fourth-order valence-corrected chi connectivity index (χ4v) is 6.74. The highest BCUT2D eigenvalue weighted by atomic mass is 35.5. The number of anilines is 1. The van der Waals surface area contributed by atoms with Crippen LogP contribution in [-0.2, 0) is 12.2 Å². The first-order chi connectivity index (χ1) is 19.2. The number of benzene rings is 2. The molecule has 1 saturated carbocycles. The van der Waals surface area contributed by atoms with Gasteiger partial charge in [0.1, 0.15) is 28.7 Å². The average Bonchev–Trinajstić information content (AvgIpc) is 3.49. The van der Waals surface area contributed by atoms with E-state index in [1.54, 1.807) is 36.4 Å². The number of piperidine rings is 1. The van der Waals surface area contributed by atoms with Crippen LogP contribution in [0.2, 0.25) is 15.1 Å². The molecule has 0 unspecified atom stereocenters. The van der Waals surface area contributed by atoms with Crippen molar-refractivity contribution >= 4 is 57.2 Å². The third kappa shape index (κ3) is 5.29. The number of hydrogen-bond donors (Lipinski definition) is 2. The molecular formula is C28H24Cl3N3O5S. The molecule has 1 aliphatic carbocycles. The minimum absolute atomic E-state index is 0.187. The monoisotopic (exact) mass is 619 g/mol. The Hall–Kier alpha value is -2.82. The number of hydrogen-bond acceptors (Lipinski definition) is 8. The van der Waals surface area contributed by atoms with Crippen molar-refractivity contribution in [1.29, 1.82) is 0 Å². The summed E-state index contributed by atoms with van der Waals surface area (Å²) in [5.41, 5.74) is 1.48. The average molecular weight is 621 g/mol. The summed E-state index contributed by atoms with van der Waals surface area (Å²) in [5.74, 6) is 0.624. The van der Waals surface area contributed by atoms with Gasteiger partial charge in [0, 0.05) is 30.1 Å². The van der Waals surface area contributed by atoms with Crippen molar-refractivity contribution in [2.24, 2.45) is 0 Å². The Balaban J connectivity index is 1.17. The number of rotatable bonds is 8. The Morgan fingerprint density at radius 3 is 2.48 bits per heavy atom. The summed E-state index contributed by atoms with van der Waals surface area (Å²) in [4.78, 5) is 17.6. The normalized spacial score (nSPS) is 16.8. The van der Waals surface area contributed by atoms with Crippen LogP contribution in [0.25, 0.3) is 11.3 Å². The summed E-state index contributed by atoms with van der Waals surface area (Å²) >= 11 is 20.7. The van der Waals surface area contributed by atoms with Crippen LogP contribution in [0.3, 0.4) is 0 Å². The van der Waals surface area contributed by atoms with Crippen LogP contribution in [0, 0.1) is 0 Å². The molecule has 2 N–H and O–H groups in total. The van der Waals surface area contributed by atoms with Gasteiger partial charge in [-0.25, -0.2) is 9.78 Å². The van der Waals surface area contributed by atoms with Crippen LogP contribution in [-0.4, -0.2) is 39.4 Å². The molecular weight excluding hydrogens is 597 g/mol. The summed E-state index contributed by atoms with van der Waals surface area (Å²) < 4.78 is 11.9. The van der Waals surface area contributed by atoms with Crippen LogP contribution in [0.15, 0.2) is 47.1 Å². The fourth-order valence-electron chi connectivity index (χ4n) is 5.01. The molecule has 208 valence electrons. The number of aromatic nitrogens is 2. The van der Waals surface area contributed by atoms with Gasteiger partial charge in [-0.15, -0.1) is 0 Å². The van der Waals surface area contributed by atoms with Gasteiger partial charge in [0.15, 0.2) is 5.13 Å². The van der Waals surface area contributed by atoms with Crippen molar-refractivity contribution in [2.45, 2.75) is 43.8 Å². The van der Waals surface area contributed by atoms with Crippen LogP contribution in [0.4, 0.5) is 5.13 Å². The Morgan fingerprint density at radius 2 is 1.85 bits per heavy atom. The minimum Gasteiger partial charge on any atom is -0.489 e. The largest absolute Gasteiger partial charge is 0.489 e. The van der Waals surface area contributed by atoms with Crippen molar-refractivity contribution in [3.63, 3.8) is 0 Å². The lowest BCUT2D eigenvalue weighted by Crippen LogP contribution is -2.42. The number of halogens is 3. The summed E-state index contributed by atoms with van der Waals surface area (Å²) in [7, 11) is 0. The summed E-state index contributed by atoms with van der Waals surface area (Å²) in [5, 5.41) is 26.9. The number of carboxylic acid groups (broad SMARTS) is 1. The smallest absolute Gasteiger partial charge is 0.347 e. The maximum atomic E-state index is 11.5. The van der Waals surface area contributed by atoms with Crippen molar-refractivity contribution in [3.05, 3.63) is 79.4 Å². The van der Waals surface area contributed by atoms with Crippen LogP contribution < -0.4 is 9.64 Å². The number of carboxylic acids is 1. The Kier molecular flexibility index (Phi) is 7.43. The SMILES string of the molecule is O=C(O)c1cnc(N2CCC(O)(c3ccc(OCc4c(-c5c(Cl)cccc5Cl)noc4C4CC4)cc3Cl)CC2)s1. The van der Waals surface area contributed by atoms with E-state index >= 15 is 0 Å². The van der Waals surface area contributed by atoms with E-state index in [-0.39, 0.29) is 11.5 Å². The van der Waals surface area contributed by atoms with E-state index in [2.05, 4.69) is 10.1 Å². The first kappa shape index (κ1) is 27.4. The second-order valence-electron chi connectivity index (χ2n) is 10.0. The third-order valence-electron chi connectivity index (χ3n) is 7.36. The molecule has 0 amide bonds. The minimum atomic E-state index is -1.12. The maximum absolute atomic E-state index is 11.5. The van der Waals surface area contributed by atoms with Gasteiger partial charge in [-0.3, -0.25) is 0 Å². The van der Waals surface area contributed by atoms with Gasteiger partial charge >= 0.3 is 5.97 Å². The Morgan fingerprint density at radius 1 is 1.12 bits per heavy atom. The number of nitrogens with zero attached hydrogens (tertiary/aromatic N) is 3. The predicted octanol–water partition coefficient (Wildman–Crippen LogP) is 7.40. The van der Waals surface area contributed by atoms with E-state index in [0.717, 1.165) is 35.5 Å². The van der Waals surface area contributed by atoms with Crippen molar-refractivity contribution in [1.82, 2.24) is 10.1 Å². The lowest BCUT2D eigenvalue weighted by molar-refractivity contribution is 0.0118. The van der Waals surface area contributed by atoms with Crippen molar-refractivity contribution < 1.29 is 24.3 Å². The van der Waals surface area contributed by atoms with Crippen molar-refractivity contribution in [3.8, 4) is 17.0 Å². The molecule has 2 aliphatic rings. The highest BCUT2D eigenvalue weighted by molar-refractivity contribution is 7.17. The van der Waals surface area contributed by atoms with Gasteiger partial charge < -0.3 is 24.4 Å². The first-order valence-electron chi connectivity index (χ1n) is 12.8. The Bertz CT molecular complexity index is 1560. The number of aliphatic hydroxyl groups is 1. The molecule has 0 bridgehead atoms. The van der Waals surface area contributed by atoms with Gasteiger partial charge in [-0.2, -0.15) is 0 Å². The molecule has 8 nitrogen and oxygen atoms in total. The predicted molar refractivity (Wildman–Crippen MR) is 154 cm³/mol. The fraction of sp³-hybridized carbons (Fsp3) is 0.321. The zero-order valence-corrected chi connectivity index (χ0v) is 24.2. The van der Waals surface area contributed by atoms with Gasteiger partial charge in [0.2, 0.25) is 0 Å². The molecule has 6 rings (SSSR count). The number of ether oxygens (including phenoxy) is 1. The molecule has 0 radical (unpaired) electrons. The van der Waals surface area contributed by atoms with Crippen LogP contribution in [0.1, 0.15) is 58.2 Å². The van der Waals surface area contributed by atoms with E-state index in [1.807, 2.05) is 4.90 Å².